The molecule has 0 aromatic heterocycles. The molecular weight excluding hydrogens is 228 g/mol. The van der Waals surface area contributed by atoms with Gasteiger partial charge in [-0.2, -0.15) is 4.79 Å². The van der Waals surface area contributed by atoms with Crippen LogP contribution in [0.5, 0.6) is 0 Å². The third-order valence-corrected chi connectivity index (χ3v) is 2.26. The molecule has 0 aromatic rings. The van der Waals surface area contributed by atoms with E-state index in [2.05, 4.69) is 9.53 Å². The van der Waals surface area contributed by atoms with E-state index in [1.165, 1.54) is 0 Å². The van der Waals surface area contributed by atoms with Gasteiger partial charge in [0.05, 0.1) is 13.2 Å². The first-order valence-electron chi connectivity index (χ1n) is 5.30. The summed E-state index contributed by atoms with van der Waals surface area (Å²) in [4.78, 5) is 14.1. The molecule has 7 nitrogen and oxygen atoms in total. The summed E-state index contributed by atoms with van der Waals surface area (Å²) in [7, 11) is 0. The summed E-state index contributed by atoms with van der Waals surface area (Å²) in [6.45, 7) is 5.20. The van der Waals surface area contributed by atoms with E-state index in [0.29, 0.717) is 0 Å². The van der Waals surface area contributed by atoms with Crippen molar-refractivity contribution < 1.29 is 28.9 Å². The van der Waals surface area contributed by atoms with Crippen LogP contribution >= 0.6 is 0 Å². The number of ether oxygens (including phenoxy) is 3. The van der Waals surface area contributed by atoms with Crippen LogP contribution in [-0.2, 0) is 19.0 Å². The Bertz CT molecular complexity index is 349. The van der Waals surface area contributed by atoms with Crippen LogP contribution in [0.25, 0.3) is 5.53 Å². The summed E-state index contributed by atoms with van der Waals surface area (Å²) in [6.07, 6.45) is -2.15. The highest BCUT2D eigenvalue weighted by Crippen LogP contribution is 2.24. The normalized spacial score (nSPS) is 23.9. The zero-order chi connectivity index (χ0) is 13.1. The fourth-order valence-electron chi connectivity index (χ4n) is 1.47. The molecule has 1 N–H and O–H groups in total. The maximum atomic E-state index is 11.4. The third-order valence-electron chi connectivity index (χ3n) is 2.26. The van der Waals surface area contributed by atoms with Gasteiger partial charge in [0.25, 0.3) is 0 Å². The molecule has 0 saturated carbocycles. The summed E-state index contributed by atoms with van der Waals surface area (Å²) in [5, 5.41) is 9.84. The number of rotatable bonds is 4. The molecule has 0 radical (unpaired) electrons. The van der Waals surface area contributed by atoms with E-state index in [4.69, 9.17) is 15.0 Å². The van der Waals surface area contributed by atoms with Crippen LogP contribution in [0.4, 0.5) is 0 Å². The minimum Gasteiger partial charge on any atom is -0.457 e. The van der Waals surface area contributed by atoms with Crippen molar-refractivity contribution in [1.29, 1.82) is 0 Å². The predicted molar refractivity (Wildman–Crippen MR) is 56.2 cm³/mol. The Kier molecular flexibility index (Phi) is 4.36. The minimum atomic E-state index is -1.39. The fraction of sp³-hybridized carbons (Fsp3) is 0.800. The second-order valence-electron chi connectivity index (χ2n) is 4.02. The molecule has 1 rings (SSSR count). The van der Waals surface area contributed by atoms with Crippen LogP contribution < -0.4 is 0 Å². The molecule has 0 bridgehead atoms. The van der Waals surface area contributed by atoms with Crippen LogP contribution in [0.2, 0.25) is 0 Å². The minimum absolute atomic E-state index is 0.104. The second kappa shape index (κ2) is 5.37. The quantitative estimate of drug-likeness (QED) is 0.317. The fourth-order valence-corrected chi connectivity index (χ4v) is 1.47. The van der Waals surface area contributed by atoms with Crippen LogP contribution in [0.3, 0.4) is 0 Å². The zero-order valence-electron chi connectivity index (χ0n) is 10.0. The van der Waals surface area contributed by atoms with E-state index < -0.39 is 29.7 Å². The average molecular weight is 244 g/mol. The van der Waals surface area contributed by atoms with Gasteiger partial charge in [0.15, 0.2) is 11.9 Å². The van der Waals surface area contributed by atoms with Gasteiger partial charge in [0, 0.05) is 0 Å². The molecule has 1 fully saturated rings. The van der Waals surface area contributed by atoms with Gasteiger partial charge in [-0.05, 0) is 20.8 Å². The molecule has 17 heavy (non-hydrogen) atoms. The molecule has 1 aliphatic rings. The average Bonchev–Trinajstić information content (AvgIpc) is 2.60. The van der Waals surface area contributed by atoms with Crippen LogP contribution in [-0.4, -0.2) is 52.8 Å². The number of carbonyl (C=O) groups excluding carboxylic acids is 1. The highest BCUT2D eigenvalue weighted by atomic mass is 16.7. The third kappa shape index (κ3) is 3.34. The Hall–Kier alpha value is -1.27. The van der Waals surface area contributed by atoms with E-state index in [1.807, 2.05) is 0 Å². The van der Waals surface area contributed by atoms with Crippen molar-refractivity contribution >= 4 is 11.7 Å². The Morgan fingerprint density at radius 3 is 2.76 bits per heavy atom. The summed E-state index contributed by atoms with van der Waals surface area (Å²) in [6, 6.07) is 0. The molecule has 0 spiro atoms. The summed E-state index contributed by atoms with van der Waals surface area (Å²) >= 11 is 0. The summed E-state index contributed by atoms with van der Waals surface area (Å²) in [5.41, 5.74) is 8.23. The number of nitrogens with zero attached hydrogens (tertiary/aromatic N) is 2. The van der Waals surface area contributed by atoms with Crippen molar-refractivity contribution in [3.63, 3.8) is 0 Å². The second-order valence-corrected chi connectivity index (χ2v) is 4.02. The number of hydrogen-bond acceptors (Lipinski definition) is 5. The zero-order valence-corrected chi connectivity index (χ0v) is 10.0. The lowest BCUT2D eigenvalue weighted by atomic mass is 10.1. The van der Waals surface area contributed by atoms with Crippen LogP contribution in [0.1, 0.15) is 20.8 Å². The summed E-state index contributed by atoms with van der Waals surface area (Å²) < 4.78 is 15.2. The molecule has 1 heterocycles. The number of aliphatic hydroxyl groups is 1. The molecule has 0 aliphatic carbocycles. The molecule has 2 atom stereocenters. The van der Waals surface area contributed by atoms with E-state index in [1.54, 1.807) is 20.8 Å². The van der Waals surface area contributed by atoms with Gasteiger partial charge in [-0.1, -0.05) is 0 Å². The Morgan fingerprint density at radius 1 is 1.71 bits per heavy atom. The Morgan fingerprint density at radius 2 is 2.35 bits per heavy atom. The molecule has 1 saturated heterocycles. The maximum Gasteiger partial charge on any atom is 0.419 e. The maximum absolute atomic E-state index is 11.4. The number of aliphatic hydroxyl groups excluding tert-OH is 1. The molecular formula is C10H16N2O5. The Balaban J connectivity index is 2.72. The highest BCUT2D eigenvalue weighted by molar-refractivity contribution is 6.35. The van der Waals surface area contributed by atoms with Gasteiger partial charge < -0.3 is 24.8 Å². The topological polar surface area (TPSA) is 101 Å². The van der Waals surface area contributed by atoms with Gasteiger partial charge in [-0.3, -0.25) is 0 Å². The molecule has 1 aliphatic heterocycles. The van der Waals surface area contributed by atoms with E-state index in [9.17, 15) is 9.90 Å². The largest absolute Gasteiger partial charge is 0.457 e. The molecule has 7 heteroatoms. The summed E-state index contributed by atoms with van der Waals surface area (Å²) in [5.74, 6) is -1.71. The van der Waals surface area contributed by atoms with Crippen molar-refractivity contribution in [3.8, 4) is 0 Å². The predicted octanol–water partition coefficient (Wildman–Crippen LogP) is -0.267. The van der Waals surface area contributed by atoms with Crippen molar-refractivity contribution in [2.45, 2.75) is 38.8 Å². The van der Waals surface area contributed by atoms with E-state index >= 15 is 0 Å². The number of carbonyl (C=O) groups is 1. The monoisotopic (exact) mass is 244 g/mol. The first-order chi connectivity index (χ1) is 7.91. The van der Waals surface area contributed by atoms with Gasteiger partial charge in [0.1, 0.15) is 6.10 Å². The standard InChI is InChI=1S/C10H16N2O5/c1-4-15-9(14)7(12-11)8(13)6-5-16-10(2,3)17-6/h6,8,13H,4-5H2,1-3H3/t6-,8-/m1/s1. The van der Waals surface area contributed by atoms with Gasteiger partial charge in [0.2, 0.25) is 0 Å². The van der Waals surface area contributed by atoms with Gasteiger partial charge in [-0.25, -0.2) is 4.79 Å². The van der Waals surface area contributed by atoms with Crippen molar-refractivity contribution in [2.24, 2.45) is 0 Å². The van der Waals surface area contributed by atoms with Crippen molar-refractivity contribution in [3.05, 3.63) is 5.53 Å². The smallest absolute Gasteiger partial charge is 0.419 e. The van der Waals surface area contributed by atoms with Crippen molar-refractivity contribution in [2.75, 3.05) is 13.2 Å². The lowest BCUT2D eigenvalue weighted by molar-refractivity contribution is -0.153. The molecule has 0 unspecified atom stereocenters. The van der Waals surface area contributed by atoms with E-state index in [-0.39, 0.29) is 13.2 Å². The molecule has 96 valence electrons. The number of esters is 1. The SMILES string of the molecule is CCOC(=O)C(=[N+]=[N-])[C@H](O)[C@H]1COC(C)(C)O1. The lowest BCUT2D eigenvalue weighted by Gasteiger charge is -2.18. The van der Waals surface area contributed by atoms with Gasteiger partial charge in [-0.15, -0.1) is 0 Å². The Labute approximate surface area is 98.9 Å². The number of hydrogen-bond donors (Lipinski definition) is 1. The van der Waals surface area contributed by atoms with Gasteiger partial charge >= 0.3 is 11.7 Å². The highest BCUT2D eigenvalue weighted by Gasteiger charge is 2.44. The van der Waals surface area contributed by atoms with E-state index in [0.717, 1.165) is 0 Å². The first-order valence-corrected chi connectivity index (χ1v) is 5.30. The van der Waals surface area contributed by atoms with Crippen LogP contribution in [0.15, 0.2) is 0 Å². The lowest BCUT2D eigenvalue weighted by Crippen LogP contribution is -2.42. The van der Waals surface area contributed by atoms with Crippen LogP contribution in [0, 0.1) is 0 Å². The first kappa shape index (κ1) is 13.8. The van der Waals surface area contributed by atoms with Crippen molar-refractivity contribution in [1.82, 2.24) is 0 Å². The molecule has 0 amide bonds. The molecule has 0 aromatic carbocycles.